The molecule has 0 aromatic heterocycles. The fourth-order valence-electron chi connectivity index (χ4n) is 11.6. The maximum Gasteiger partial charge on any atom is 0.305 e. The maximum absolute atomic E-state index is 12.5. The molecule has 0 aliphatic rings. The van der Waals surface area contributed by atoms with Gasteiger partial charge in [-0.1, -0.05) is 360 Å². The molecule has 0 aromatic carbocycles. The Balaban J connectivity index is 3.31. The van der Waals surface area contributed by atoms with E-state index in [1.165, 1.54) is 340 Å². The van der Waals surface area contributed by atoms with E-state index in [1.54, 1.807) is 0 Å². The van der Waals surface area contributed by atoms with Crippen LogP contribution in [0.15, 0.2) is 12.2 Å². The van der Waals surface area contributed by atoms with Gasteiger partial charge in [0.05, 0.1) is 25.4 Å². The predicted molar refractivity (Wildman–Crippen MR) is 343 cm³/mol. The van der Waals surface area contributed by atoms with Gasteiger partial charge in [0.2, 0.25) is 5.91 Å². The first-order chi connectivity index (χ1) is 38.5. The lowest BCUT2D eigenvalue weighted by Gasteiger charge is -2.22. The first-order valence-electron chi connectivity index (χ1n) is 35.9. The summed E-state index contributed by atoms with van der Waals surface area (Å²) in [6.07, 6.45) is 84.3. The molecule has 0 aromatic rings. The average molecular weight is 1100 g/mol. The molecule has 1 amide bonds. The van der Waals surface area contributed by atoms with E-state index in [0.29, 0.717) is 25.9 Å². The molecule has 0 heterocycles. The fraction of sp³-hybridized carbons (Fsp3) is 0.944. The Morgan fingerprint density at radius 3 is 0.910 bits per heavy atom. The van der Waals surface area contributed by atoms with E-state index in [9.17, 15) is 19.8 Å². The second-order valence-corrected chi connectivity index (χ2v) is 24.9. The van der Waals surface area contributed by atoms with E-state index < -0.39 is 12.1 Å². The van der Waals surface area contributed by atoms with Crippen molar-refractivity contribution >= 4 is 11.9 Å². The summed E-state index contributed by atoms with van der Waals surface area (Å²) in [6, 6.07) is -0.537. The number of rotatable bonds is 68. The van der Waals surface area contributed by atoms with Crippen molar-refractivity contribution in [3.05, 3.63) is 12.2 Å². The summed E-state index contributed by atoms with van der Waals surface area (Å²) in [4.78, 5) is 24.5. The molecule has 0 saturated carbocycles. The number of nitrogens with one attached hydrogen (secondary N) is 1. The predicted octanol–water partition coefficient (Wildman–Crippen LogP) is 23.1. The Kier molecular flexibility index (Phi) is 66.9. The second-order valence-electron chi connectivity index (χ2n) is 24.9. The summed E-state index contributed by atoms with van der Waals surface area (Å²) in [5, 5.41) is 23.3. The van der Waals surface area contributed by atoms with E-state index in [0.717, 1.165) is 38.5 Å². The Bertz CT molecular complexity index is 1180. The number of carbonyl (C=O) groups is 2. The summed E-state index contributed by atoms with van der Waals surface area (Å²) in [5.74, 6) is -0.00612. The van der Waals surface area contributed by atoms with Crippen LogP contribution in [0.1, 0.15) is 412 Å². The number of unbranched alkanes of at least 4 members (excludes halogenated alkanes) is 55. The molecule has 78 heavy (non-hydrogen) atoms. The largest absolute Gasteiger partial charge is 0.466 e. The number of allylic oxidation sites excluding steroid dienone is 2. The Labute approximate surface area is 489 Å². The van der Waals surface area contributed by atoms with Gasteiger partial charge in [-0.2, -0.15) is 0 Å². The molecule has 0 rings (SSSR count). The molecular formula is C72H141NO5. The minimum atomic E-state index is -0.660. The maximum atomic E-state index is 12.5. The number of hydrogen-bond acceptors (Lipinski definition) is 5. The quantitative estimate of drug-likeness (QED) is 0.0320. The third kappa shape index (κ3) is 63.8. The molecule has 0 aliphatic heterocycles. The van der Waals surface area contributed by atoms with E-state index >= 15 is 0 Å². The molecule has 6 nitrogen and oxygen atoms in total. The number of ether oxygens (including phenoxy) is 1. The van der Waals surface area contributed by atoms with Crippen LogP contribution >= 0.6 is 0 Å². The van der Waals surface area contributed by atoms with Crippen molar-refractivity contribution in [2.75, 3.05) is 13.2 Å². The van der Waals surface area contributed by atoms with E-state index in [4.69, 9.17) is 4.74 Å². The van der Waals surface area contributed by atoms with Crippen LogP contribution in [0.5, 0.6) is 0 Å². The number of amides is 1. The minimum Gasteiger partial charge on any atom is -0.466 e. The lowest BCUT2D eigenvalue weighted by Crippen LogP contribution is -2.45. The number of esters is 1. The molecule has 0 fully saturated rings. The van der Waals surface area contributed by atoms with Crippen molar-refractivity contribution in [3.63, 3.8) is 0 Å². The topological polar surface area (TPSA) is 95.9 Å². The van der Waals surface area contributed by atoms with E-state index in [2.05, 4.69) is 31.3 Å². The van der Waals surface area contributed by atoms with Crippen LogP contribution in [-0.4, -0.2) is 47.4 Å². The van der Waals surface area contributed by atoms with Crippen molar-refractivity contribution in [2.24, 2.45) is 0 Å². The Hall–Kier alpha value is -1.40. The van der Waals surface area contributed by atoms with Gasteiger partial charge in [0.25, 0.3) is 0 Å². The zero-order valence-electron chi connectivity index (χ0n) is 53.2. The van der Waals surface area contributed by atoms with Crippen LogP contribution in [-0.2, 0) is 14.3 Å². The highest BCUT2D eigenvalue weighted by Crippen LogP contribution is 2.19. The molecule has 0 bridgehead atoms. The lowest BCUT2D eigenvalue weighted by atomic mass is 10.0. The number of hydrogen-bond donors (Lipinski definition) is 3. The second kappa shape index (κ2) is 68.1. The standard InChI is InChI=1S/C72H141NO5/c1-3-5-7-9-11-13-15-17-42-46-50-54-58-62-66-72(77)78-67-63-59-55-51-47-43-40-38-36-34-32-30-28-26-24-22-20-18-19-21-23-25-27-29-31-33-35-37-39-41-45-49-53-57-61-65-71(76)73-69(68-74)70(75)64-60-56-52-48-44-16-14-12-10-8-6-4-2/h20,22,69-70,74-75H,3-19,21,23-68H2,1-2H3,(H,73,76)/b22-20-. The first-order valence-corrected chi connectivity index (χ1v) is 35.9. The molecule has 0 saturated heterocycles. The molecule has 3 N–H and O–H groups in total. The van der Waals surface area contributed by atoms with Gasteiger partial charge in [0, 0.05) is 12.8 Å². The Morgan fingerprint density at radius 2 is 0.603 bits per heavy atom. The highest BCUT2D eigenvalue weighted by Gasteiger charge is 2.20. The highest BCUT2D eigenvalue weighted by molar-refractivity contribution is 5.76. The van der Waals surface area contributed by atoms with Gasteiger partial charge in [-0.15, -0.1) is 0 Å². The van der Waals surface area contributed by atoms with Crippen molar-refractivity contribution in [2.45, 2.75) is 424 Å². The zero-order valence-corrected chi connectivity index (χ0v) is 53.2. The SMILES string of the molecule is CCCCCCCCCCCCCCCCC(=O)OCCCCCCCCCCCCCCCC/C=C\CCCCCCCCCCCCCCCCCCCC(=O)NC(CO)C(O)CCCCCCCCCCCCCC. The zero-order chi connectivity index (χ0) is 56.4. The smallest absolute Gasteiger partial charge is 0.305 e. The number of carbonyl (C=O) groups excluding carboxylic acids is 2. The van der Waals surface area contributed by atoms with Crippen molar-refractivity contribution in [1.29, 1.82) is 0 Å². The normalized spacial score (nSPS) is 12.5. The molecule has 0 radical (unpaired) electrons. The summed E-state index contributed by atoms with van der Waals surface area (Å²) in [6.45, 7) is 4.99. The lowest BCUT2D eigenvalue weighted by molar-refractivity contribution is -0.143. The average Bonchev–Trinajstić information content (AvgIpc) is 3.44. The van der Waals surface area contributed by atoms with Crippen LogP contribution in [0.25, 0.3) is 0 Å². The van der Waals surface area contributed by atoms with Gasteiger partial charge >= 0.3 is 5.97 Å². The van der Waals surface area contributed by atoms with Gasteiger partial charge < -0.3 is 20.3 Å². The molecule has 464 valence electrons. The summed E-state index contributed by atoms with van der Waals surface area (Å²) >= 11 is 0. The van der Waals surface area contributed by atoms with Crippen molar-refractivity contribution in [1.82, 2.24) is 5.32 Å². The van der Waals surface area contributed by atoms with E-state index in [-0.39, 0.29) is 18.5 Å². The third-order valence-electron chi connectivity index (χ3n) is 17.1. The van der Waals surface area contributed by atoms with Gasteiger partial charge in [-0.3, -0.25) is 9.59 Å². The number of aliphatic hydroxyl groups is 2. The molecule has 2 atom stereocenters. The molecule has 0 spiro atoms. The van der Waals surface area contributed by atoms with Gasteiger partial charge in [-0.05, 0) is 51.4 Å². The monoisotopic (exact) mass is 1100 g/mol. The fourth-order valence-corrected chi connectivity index (χ4v) is 11.6. The summed E-state index contributed by atoms with van der Waals surface area (Å²) in [5.41, 5.74) is 0. The first kappa shape index (κ1) is 76.6. The third-order valence-corrected chi connectivity index (χ3v) is 17.1. The molecule has 2 unspecified atom stereocenters. The van der Waals surface area contributed by atoms with Gasteiger partial charge in [0.1, 0.15) is 0 Å². The highest BCUT2D eigenvalue weighted by atomic mass is 16.5. The number of aliphatic hydroxyl groups excluding tert-OH is 2. The van der Waals surface area contributed by atoms with Crippen molar-refractivity contribution in [3.8, 4) is 0 Å². The summed E-state index contributed by atoms with van der Waals surface area (Å²) < 4.78 is 5.50. The molecule has 6 heteroatoms. The molecule has 0 aliphatic carbocycles. The van der Waals surface area contributed by atoms with Crippen LogP contribution < -0.4 is 5.32 Å². The van der Waals surface area contributed by atoms with Crippen LogP contribution in [0, 0.1) is 0 Å². The molecular weight excluding hydrogens is 959 g/mol. The van der Waals surface area contributed by atoms with E-state index in [1.807, 2.05) is 0 Å². The van der Waals surface area contributed by atoms with Gasteiger partial charge in [-0.25, -0.2) is 0 Å². The van der Waals surface area contributed by atoms with Crippen LogP contribution in [0.4, 0.5) is 0 Å². The van der Waals surface area contributed by atoms with Crippen LogP contribution in [0.2, 0.25) is 0 Å². The van der Waals surface area contributed by atoms with Gasteiger partial charge in [0.15, 0.2) is 0 Å². The minimum absolute atomic E-state index is 0.0233. The summed E-state index contributed by atoms with van der Waals surface area (Å²) in [7, 11) is 0. The Morgan fingerprint density at radius 1 is 0.346 bits per heavy atom. The van der Waals surface area contributed by atoms with Crippen LogP contribution in [0.3, 0.4) is 0 Å². The van der Waals surface area contributed by atoms with Crippen molar-refractivity contribution < 1.29 is 24.5 Å².